The second kappa shape index (κ2) is 9.76. The predicted molar refractivity (Wildman–Crippen MR) is 132 cm³/mol. The number of amides is 1. The normalized spacial score (nSPS) is 14.3. The Hall–Kier alpha value is -2.17. The fourth-order valence-electron chi connectivity index (χ4n) is 4.08. The first-order valence-electron chi connectivity index (χ1n) is 9.62. The molecular weight excluding hydrogens is 495 g/mol. The first kappa shape index (κ1) is 24.5. The van der Waals surface area contributed by atoms with Crippen molar-refractivity contribution in [2.24, 2.45) is 5.73 Å². The summed E-state index contributed by atoms with van der Waals surface area (Å²) in [7, 11) is 0. The number of carbonyl (C=O) groups excluding carboxylic acids is 1. The molecule has 5 rings (SSSR count). The summed E-state index contributed by atoms with van der Waals surface area (Å²) in [5.74, 6) is 0.252. The van der Waals surface area contributed by atoms with Crippen LogP contribution in [0.4, 0.5) is 4.79 Å². The molecule has 0 spiro atoms. The number of carbonyl (C=O) groups is 1. The molecule has 8 nitrogen and oxygen atoms in total. The van der Waals surface area contributed by atoms with Gasteiger partial charge in [-0.2, -0.15) is 0 Å². The Bertz CT molecular complexity index is 1340. The van der Waals surface area contributed by atoms with Gasteiger partial charge in [0, 0.05) is 9.92 Å². The highest BCUT2D eigenvalue weighted by Crippen LogP contribution is 2.37. The maximum absolute atomic E-state index is 12.5. The van der Waals surface area contributed by atoms with Crippen LogP contribution in [0.5, 0.6) is 0 Å². The zero-order valence-corrected chi connectivity index (χ0v) is 19.9. The van der Waals surface area contributed by atoms with E-state index in [0.717, 1.165) is 52.0 Å². The molecule has 12 heteroatoms. The Morgan fingerprint density at radius 1 is 1.16 bits per heavy atom. The minimum absolute atomic E-state index is 0. The summed E-state index contributed by atoms with van der Waals surface area (Å²) in [6.07, 6.45) is 1.87. The molecule has 1 fully saturated rings. The van der Waals surface area contributed by atoms with E-state index in [0.29, 0.717) is 21.2 Å². The van der Waals surface area contributed by atoms with Crippen LogP contribution >= 0.6 is 48.2 Å². The van der Waals surface area contributed by atoms with Crippen LogP contribution in [-0.4, -0.2) is 38.6 Å². The summed E-state index contributed by atoms with van der Waals surface area (Å²) in [6, 6.07) is 8.62. The van der Waals surface area contributed by atoms with Gasteiger partial charge in [0.2, 0.25) is 0 Å². The van der Waals surface area contributed by atoms with Crippen LogP contribution in [0.25, 0.3) is 22.1 Å². The molecule has 1 amide bonds. The van der Waals surface area contributed by atoms with E-state index in [4.69, 9.17) is 17.3 Å². The Kier molecular flexibility index (Phi) is 7.46. The predicted octanol–water partition coefficient (Wildman–Crippen LogP) is 4.25. The van der Waals surface area contributed by atoms with Crippen LogP contribution in [0.3, 0.4) is 0 Å². The number of aromatic nitrogens is 4. The van der Waals surface area contributed by atoms with Gasteiger partial charge in [0.25, 0.3) is 0 Å². The summed E-state index contributed by atoms with van der Waals surface area (Å²) in [5, 5.41) is 4.63. The smallest absolute Gasteiger partial charge is 0.334 e. The molecule has 1 saturated heterocycles. The molecule has 0 saturated carbocycles. The van der Waals surface area contributed by atoms with Gasteiger partial charge in [-0.15, -0.1) is 24.8 Å². The molecule has 2 aromatic heterocycles. The first-order chi connectivity index (χ1) is 14.5. The van der Waals surface area contributed by atoms with Crippen molar-refractivity contribution in [3.05, 3.63) is 51.4 Å². The van der Waals surface area contributed by atoms with Gasteiger partial charge in [-0.05, 0) is 73.4 Å². The van der Waals surface area contributed by atoms with E-state index < -0.39 is 11.7 Å². The average Bonchev–Trinajstić information content (AvgIpc) is 3.28. The number of fused-ring (bicyclic) bond motifs is 2. The van der Waals surface area contributed by atoms with Gasteiger partial charge in [0.15, 0.2) is 5.16 Å². The summed E-state index contributed by atoms with van der Waals surface area (Å²) in [6.45, 7) is 1.80. The van der Waals surface area contributed by atoms with Crippen molar-refractivity contribution in [3.63, 3.8) is 0 Å². The zero-order valence-electron chi connectivity index (χ0n) is 16.7. The van der Waals surface area contributed by atoms with Gasteiger partial charge >= 0.3 is 11.7 Å². The van der Waals surface area contributed by atoms with Crippen molar-refractivity contribution in [3.8, 4) is 0 Å². The van der Waals surface area contributed by atoms with E-state index in [1.54, 1.807) is 6.07 Å². The number of imidazole rings is 2. The fraction of sp³-hybridized carbons (Fsp3) is 0.250. The SMILES string of the molecule is Cl.Cl.NC(=O)n1c(=O)[nH]c2c(Sc3nc4ccc(Cl)cc4[nH]3)ccc(C3CCNCC3)c21. The van der Waals surface area contributed by atoms with Gasteiger partial charge in [-0.3, -0.25) is 0 Å². The van der Waals surface area contributed by atoms with Gasteiger partial charge in [0.05, 0.1) is 22.1 Å². The molecular formula is C20H21Cl3N6O2S. The van der Waals surface area contributed by atoms with E-state index in [9.17, 15) is 9.59 Å². The quantitative estimate of drug-likeness (QED) is 0.325. The van der Waals surface area contributed by atoms with Crippen molar-refractivity contribution >= 4 is 76.3 Å². The summed E-state index contributed by atoms with van der Waals surface area (Å²) < 4.78 is 1.04. The first-order valence-corrected chi connectivity index (χ1v) is 10.8. The number of nitrogens with zero attached hydrogens (tertiary/aromatic N) is 2. The molecule has 3 heterocycles. The molecule has 32 heavy (non-hydrogen) atoms. The van der Waals surface area contributed by atoms with Gasteiger partial charge < -0.3 is 21.0 Å². The highest BCUT2D eigenvalue weighted by molar-refractivity contribution is 7.99. The molecule has 0 aliphatic carbocycles. The molecule has 170 valence electrons. The average molecular weight is 516 g/mol. The van der Waals surface area contributed by atoms with Crippen molar-refractivity contribution in [1.29, 1.82) is 0 Å². The number of nitrogens with one attached hydrogen (secondary N) is 3. The lowest BCUT2D eigenvalue weighted by atomic mass is 9.89. The fourth-order valence-corrected chi connectivity index (χ4v) is 5.15. The minimum Gasteiger partial charge on any atom is -0.351 e. The number of hydrogen-bond acceptors (Lipinski definition) is 5. The molecule has 1 aliphatic heterocycles. The van der Waals surface area contributed by atoms with Crippen LogP contribution in [-0.2, 0) is 0 Å². The van der Waals surface area contributed by atoms with E-state index in [2.05, 4.69) is 20.3 Å². The third-order valence-corrected chi connectivity index (χ3v) is 6.64. The zero-order chi connectivity index (χ0) is 20.8. The van der Waals surface area contributed by atoms with Crippen molar-refractivity contribution in [2.45, 2.75) is 28.8 Å². The Labute approximate surface area is 204 Å². The van der Waals surface area contributed by atoms with Crippen molar-refractivity contribution in [1.82, 2.24) is 24.8 Å². The molecule has 2 aromatic carbocycles. The number of rotatable bonds is 3. The highest BCUT2D eigenvalue weighted by atomic mass is 35.5. The number of H-pyrrole nitrogens is 2. The number of nitrogens with two attached hydrogens (primary N) is 1. The van der Waals surface area contributed by atoms with Crippen LogP contribution in [0.1, 0.15) is 24.3 Å². The monoisotopic (exact) mass is 514 g/mol. The third kappa shape index (κ3) is 4.35. The van der Waals surface area contributed by atoms with Crippen molar-refractivity contribution in [2.75, 3.05) is 13.1 Å². The Balaban J connectivity index is 0.00000144. The van der Waals surface area contributed by atoms with Crippen LogP contribution in [0.2, 0.25) is 5.02 Å². The van der Waals surface area contributed by atoms with Crippen LogP contribution in [0, 0.1) is 0 Å². The van der Waals surface area contributed by atoms with Crippen molar-refractivity contribution < 1.29 is 4.79 Å². The maximum Gasteiger partial charge on any atom is 0.334 e. The molecule has 5 N–H and O–H groups in total. The Morgan fingerprint density at radius 2 is 1.91 bits per heavy atom. The largest absolute Gasteiger partial charge is 0.351 e. The number of aromatic amines is 2. The van der Waals surface area contributed by atoms with E-state index in [1.165, 1.54) is 11.8 Å². The highest BCUT2D eigenvalue weighted by Gasteiger charge is 2.24. The minimum atomic E-state index is -0.790. The lowest BCUT2D eigenvalue weighted by molar-refractivity contribution is 0.250. The van der Waals surface area contributed by atoms with E-state index >= 15 is 0 Å². The molecule has 1 aliphatic rings. The standard InChI is InChI=1S/C20H19ClN6O2S.2ClH/c21-11-1-3-13-14(9-11)25-19(24-13)30-15-4-2-12(10-5-7-23-8-6-10)17-16(15)26-20(29)27(17)18(22)28;;/h1-4,9-10,23H,5-8H2,(H2,22,28)(H,24,25)(H,26,29);2*1H. The second-order valence-electron chi connectivity index (χ2n) is 7.31. The van der Waals surface area contributed by atoms with Gasteiger partial charge in [-0.25, -0.2) is 19.1 Å². The number of benzene rings is 2. The molecule has 0 radical (unpaired) electrons. The molecule has 0 atom stereocenters. The van der Waals surface area contributed by atoms with Gasteiger partial charge in [-0.1, -0.05) is 17.7 Å². The maximum atomic E-state index is 12.5. The molecule has 0 bridgehead atoms. The Morgan fingerprint density at radius 3 is 2.62 bits per heavy atom. The molecule has 4 aromatic rings. The van der Waals surface area contributed by atoms with Crippen LogP contribution in [0.15, 0.2) is 45.2 Å². The molecule has 0 unspecified atom stereocenters. The number of piperidine rings is 1. The topological polar surface area (TPSA) is 122 Å². The summed E-state index contributed by atoms with van der Waals surface area (Å²) >= 11 is 7.44. The van der Waals surface area contributed by atoms with E-state index in [-0.39, 0.29) is 30.7 Å². The lowest BCUT2D eigenvalue weighted by Crippen LogP contribution is -2.31. The second-order valence-corrected chi connectivity index (χ2v) is 8.78. The summed E-state index contributed by atoms with van der Waals surface area (Å²) in [5.41, 5.74) is 8.76. The number of halogens is 3. The number of hydrogen-bond donors (Lipinski definition) is 4. The number of primary amides is 1. The van der Waals surface area contributed by atoms with E-state index in [1.807, 2.05) is 24.3 Å². The van der Waals surface area contributed by atoms with Gasteiger partial charge in [0.1, 0.15) is 0 Å². The van der Waals surface area contributed by atoms with Crippen LogP contribution < -0.4 is 16.7 Å². The third-order valence-electron chi connectivity index (χ3n) is 5.46. The summed E-state index contributed by atoms with van der Waals surface area (Å²) in [4.78, 5) is 36.0. The lowest BCUT2D eigenvalue weighted by Gasteiger charge is -2.24.